The van der Waals surface area contributed by atoms with Crippen LogP contribution in [0.2, 0.25) is 0 Å². The van der Waals surface area contributed by atoms with Crippen LogP contribution in [0.25, 0.3) is 0 Å². The number of nitrogens with one attached hydrogen (secondary N) is 1. The molecule has 4 rings (SSSR count). The van der Waals surface area contributed by atoms with Crippen molar-refractivity contribution in [3.63, 3.8) is 0 Å². The number of rotatable bonds is 6. The molecule has 10 heteroatoms. The molecule has 0 aliphatic carbocycles. The molecule has 0 radical (unpaired) electrons. The van der Waals surface area contributed by atoms with E-state index >= 15 is 0 Å². The van der Waals surface area contributed by atoms with Gasteiger partial charge in [-0.2, -0.15) is 0 Å². The highest BCUT2D eigenvalue weighted by atomic mass is 32.1. The smallest absolute Gasteiger partial charge is 0.273 e. The largest absolute Gasteiger partial charge is 0.497 e. The van der Waals surface area contributed by atoms with E-state index in [0.29, 0.717) is 42.2 Å². The highest BCUT2D eigenvalue weighted by Crippen LogP contribution is 2.24. The lowest BCUT2D eigenvalue weighted by molar-refractivity contribution is 0.0753. The van der Waals surface area contributed by atoms with Gasteiger partial charge < -0.3 is 24.3 Å². The number of fused-ring (bicyclic) bond motifs is 1. The van der Waals surface area contributed by atoms with Crippen LogP contribution in [0.1, 0.15) is 37.1 Å². The summed E-state index contributed by atoms with van der Waals surface area (Å²) in [5.41, 5.74) is 1.87. The number of carbonyl (C=O) groups is 2. The van der Waals surface area contributed by atoms with Gasteiger partial charge in [-0.3, -0.25) is 14.4 Å². The molecule has 178 valence electrons. The average molecular weight is 483 g/mol. The first-order valence-corrected chi connectivity index (χ1v) is 11.7. The fraction of sp³-hybridized carbons (Fsp3) is 0.333. The minimum Gasteiger partial charge on any atom is -0.497 e. The average Bonchev–Trinajstić information content (AvgIpc) is 3.16. The third-order valence-electron chi connectivity index (χ3n) is 5.75. The standard InChI is InChI=1S/C24H26N4O5S/c1-15-26-18(14-34-15)24(31)27-8-7-19-22(20(33-3)12-21(29)28(19)10-9-27)23(30)25-13-16-5-4-6-17(11-16)32-2/h4-6,11-12,14H,7-10,13H2,1-3H3,(H,25,30). The number of amides is 2. The number of aryl methyl sites for hydroxylation is 1. The predicted octanol–water partition coefficient (Wildman–Crippen LogP) is 2.26. The van der Waals surface area contributed by atoms with Crippen LogP contribution in [0, 0.1) is 6.92 Å². The van der Waals surface area contributed by atoms with Gasteiger partial charge in [0.05, 0.1) is 19.2 Å². The number of nitrogens with zero attached hydrogens (tertiary/aromatic N) is 3. The molecule has 2 aromatic heterocycles. The minimum absolute atomic E-state index is 0.179. The van der Waals surface area contributed by atoms with Crippen molar-refractivity contribution in [3.05, 3.63) is 73.6 Å². The van der Waals surface area contributed by atoms with Gasteiger partial charge in [-0.05, 0) is 24.6 Å². The van der Waals surface area contributed by atoms with Crippen LogP contribution in [-0.2, 0) is 19.5 Å². The lowest BCUT2D eigenvalue weighted by atomic mass is 10.1. The third-order valence-corrected chi connectivity index (χ3v) is 6.53. The summed E-state index contributed by atoms with van der Waals surface area (Å²) in [5.74, 6) is 0.387. The molecule has 0 unspecified atom stereocenters. The van der Waals surface area contributed by atoms with E-state index in [1.54, 1.807) is 22.0 Å². The summed E-state index contributed by atoms with van der Waals surface area (Å²) in [6.07, 6.45) is 0.337. The zero-order valence-corrected chi connectivity index (χ0v) is 20.1. The third kappa shape index (κ3) is 4.81. The Hall–Kier alpha value is -3.66. The molecule has 3 aromatic rings. The van der Waals surface area contributed by atoms with Crippen LogP contribution in [0.3, 0.4) is 0 Å². The molecule has 0 saturated carbocycles. The van der Waals surface area contributed by atoms with Gasteiger partial charge in [0, 0.05) is 49.7 Å². The molecule has 1 aliphatic heterocycles. The molecule has 1 aliphatic rings. The molecule has 2 amide bonds. The van der Waals surface area contributed by atoms with Crippen molar-refractivity contribution in [2.45, 2.75) is 26.4 Å². The van der Waals surface area contributed by atoms with E-state index in [9.17, 15) is 14.4 Å². The van der Waals surface area contributed by atoms with Crippen molar-refractivity contribution in [3.8, 4) is 11.5 Å². The molecule has 0 atom stereocenters. The molecule has 1 aromatic carbocycles. The Bertz CT molecular complexity index is 1280. The van der Waals surface area contributed by atoms with E-state index < -0.39 is 0 Å². The number of carbonyl (C=O) groups excluding carboxylic acids is 2. The van der Waals surface area contributed by atoms with Crippen LogP contribution < -0.4 is 20.3 Å². The summed E-state index contributed by atoms with van der Waals surface area (Å²) in [4.78, 5) is 44.9. The van der Waals surface area contributed by atoms with E-state index in [4.69, 9.17) is 9.47 Å². The normalized spacial score (nSPS) is 13.1. The van der Waals surface area contributed by atoms with E-state index in [2.05, 4.69) is 10.3 Å². The quantitative estimate of drug-likeness (QED) is 0.578. The van der Waals surface area contributed by atoms with Crippen LogP contribution in [0.5, 0.6) is 11.5 Å². The lowest BCUT2D eigenvalue weighted by Gasteiger charge is -2.18. The van der Waals surface area contributed by atoms with Gasteiger partial charge in [-0.15, -0.1) is 11.3 Å². The van der Waals surface area contributed by atoms with E-state index in [1.165, 1.54) is 24.5 Å². The van der Waals surface area contributed by atoms with Crippen molar-refractivity contribution in [1.29, 1.82) is 0 Å². The summed E-state index contributed by atoms with van der Waals surface area (Å²) in [7, 11) is 3.02. The molecule has 1 N–H and O–H groups in total. The van der Waals surface area contributed by atoms with Gasteiger partial charge in [0.2, 0.25) is 0 Å². The Labute approximate surface area is 201 Å². The number of aromatic nitrogens is 2. The number of benzene rings is 1. The zero-order valence-electron chi connectivity index (χ0n) is 19.3. The molecule has 3 heterocycles. The topological polar surface area (TPSA) is 103 Å². The van der Waals surface area contributed by atoms with Gasteiger partial charge in [-0.25, -0.2) is 4.98 Å². The number of methoxy groups -OCH3 is 2. The van der Waals surface area contributed by atoms with Gasteiger partial charge in [0.1, 0.15) is 22.8 Å². The second-order valence-electron chi connectivity index (χ2n) is 7.85. The molecule has 34 heavy (non-hydrogen) atoms. The van der Waals surface area contributed by atoms with Crippen LogP contribution >= 0.6 is 11.3 Å². The summed E-state index contributed by atoms with van der Waals surface area (Å²) < 4.78 is 12.2. The zero-order chi connectivity index (χ0) is 24.2. The fourth-order valence-corrected chi connectivity index (χ4v) is 4.62. The van der Waals surface area contributed by atoms with Gasteiger partial charge in [0.25, 0.3) is 17.4 Å². The molecule has 0 spiro atoms. The summed E-state index contributed by atoms with van der Waals surface area (Å²) in [6, 6.07) is 8.74. The first-order valence-electron chi connectivity index (χ1n) is 10.8. The number of hydrogen-bond acceptors (Lipinski definition) is 7. The van der Waals surface area contributed by atoms with Gasteiger partial charge in [0.15, 0.2) is 0 Å². The van der Waals surface area contributed by atoms with Crippen molar-refractivity contribution >= 4 is 23.2 Å². The number of thiazole rings is 1. The second kappa shape index (κ2) is 10.1. The highest BCUT2D eigenvalue weighted by Gasteiger charge is 2.27. The maximum Gasteiger partial charge on any atom is 0.273 e. The van der Waals surface area contributed by atoms with Crippen molar-refractivity contribution in [2.75, 3.05) is 27.3 Å². The Morgan fingerprint density at radius 3 is 2.68 bits per heavy atom. The Kier molecular flexibility index (Phi) is 6.97. The van der Waals surface area contributed by atoms with Crippen molar-refractivity contribution < 1.29 is 19.1 Å². The summed E-state index contributed by atoms with van der Waals surface area (Å²) in [6.45, 7) is 3.12. The number of ether oxygens (including phenoxy) is 2. The highest BCUT2D eigenvalue weighted by molar-refractivity contribution is 7.09. The van der Waals surface area contributed by atoms with E-state index in [-0.39, 0.29) is 36.2 Å². The van der Waals surface area contributed by atoms with E-state index in [1.807, 2.05) is 31.2 Å². The molecule has 0 saturated heterocycles. The number of hydrogen-bond donors (Lipinski definition) is 1. The molecule has 0 fully saturated rings. The Balaban J connectivity index is 1.59. The molecular formula is C24H26N4O5S. The molecule has 9 nitrogen and oxygen atoms in total. The second-order valence-corrected chi connectivity index (χ2v) is 8.91. The maximum atomic E-state index is 13.3. The summed E-state index contributed by atoms with van der Waals surface area (Å²) in [5, 5.41) is 5.47. The fourth-order valence-electron chi connectivity index (χ4n) is 4.03. The maximum absolute atomic E-state index is 13.3. The summed E-state index contributed by atoms with van der Waals surface area (Å²) >= 11 is 1.42. The molecular weight excluding hydrogens is 456 g/mol. The monoisotopic (exact) mass is 482 g/mol. The molecule has 0 bridgehead atoms. The van der Waals surface area contributed by atoms with Gasteiger partial charge in [-0.1, -0.05) is 12.1 Å². The van der Waals surface area contributed by atoms with Crippen molar-refractivity contribution in [2.24, 2.45) is 0 Å². The van der Waals surface area contributed by atoms with E-state index in [0.717, 1.165) is 10.6 Å². The number of pyridine rings is 1. The first-order chi connectivity index (χ1) is 16.4. The van der Waals surface area contributed by atoms with Crippen LogP contribution in [0.15, 0.2) is 40.5 Å². The van der Waals surface area contributed by atoms with Crippen LogP contribution in [0.4, 0.5) is 0 Å². The van der Waals surface area contributed by atoms with Gasteiger partial charge >= 0.3 is 0 Å². The minimum atomic E-state index is -0.349. The first kappa shape index (κ1) is 23.5. The van der Waals surface area contributed by atoms with Crippen molar-refractivity contribution in [1.82, 2.24) is 19.8 Å². The lowest BCUT2D eigenvalue weighted by Crippen LogP contribution is -2.34. The van der Waals surface area contributed by atoms with Crippen LogP contribution in [-0.4, -0.2) is 53.6 Å². The SMILES string of the molecule is COc1cccc(CNC(=O)c2c(OC)cc(=O)n3c2CCN(C(=O)c2csc(C)n2)CC3)c1. The Morgan fingerprint density at radius 1 is 1.15 bits per heavy atom. The Morgan fingerprint density at radius 2 is 1.97 bits per heavy atom. The predicted molar refractivity (Wildman–Crippen MR) is 128 cm³/mol.